The van der Waals surface area contributed by atoms with Crippen LogP contribution in [0.5, 0.6) is 0 Å². The van der Waals surface area contributed by atoms with Gasteiger partial charge >= 0.3 is 0 Å². The highest BCUT2D eigenvalue weighted by atomic mass is 35.5. The Labute approximate surface area is 128 Å². The second kappa shape index (κ2) is 6.00. The zero-order chi connectivity index (χ0) is 13.9. The van der Waals surface area contributed by atoms with Gasteiger partial charge in [-0.15, -0.1) is 11.3 Å². The van der Waals surface area contributed by atoms with Crippen LogP contribution in [-0.2, 0) is 13.1 Å². The number of nitrogens with one attached hydrogen (secondary N) is 1. The molecule has 0 fully saturated rings. The Balaban J connectivity index is 1.59. The summed E-state index contributed by atoms with van der Waals surface area (Å²) in [6.07, 6.45) is 2.12. The quantitative estimate of drug-likeness (QED) is 0.689. The molecule has 2 aromatic heterocycles. The van der Waals surface area contributed by atoms with Crippen molar-refractivity contribution in [1.82, 2.24) is 9.88 Å². The van der Waals surface area contributed by atoms with E-state index in [9.17, 15) is 0 Å². The van der Waals surface area contributed by atoms with Gasteiger partial charge in [-0.25, -0.2) is 0 Å². The fourth-order valence-electron chi connectivity index (χ4n) is 2.35. The fourth-order valence-corrected chi connectivity index (χ4v) is 3.41. The molecule has 3 aromatic rings. The van der Waals surface area contributed by atoms with E-state index in [2.05, 4.69) is 46.6 Å². The van der Waals surface area contributed by atoms with Gasteiger partial charge in [0, 0.05) is 46.6 Å². The maximum Gasteiger partial charge on any atom is 0.0481 e. The van der Waals surface area contributed by atoms with Crippen molar-refractivity contribution < 1.29 is 0 Å². The Morgan fingerprint density at radius 2 is 2.15 bits per heavy atom. The number of rotatable bonds is 5. The average Bonchev–Trinajstić information content (AvgIpc) is 3.01. The zero-order valence-electron chi connectivity index (χ0n) is 11.4. The van der Waals surface area contributed by atoms with Gasteiger partial charge in [0.2, 0.25) is 0 Å². The van der Waals surface area contributed by atoms with E-state index in [1.165, 1.54) is 21.3 Å². The van der Waals surface area contributed by atoms with Crippen molar-refractivity contribution in [3.8, 4) is 0 Å². The van der Waals surface area contributed by atoms with Crippen LogP contribution in [0.4, 0.5) is 0 Å². The van der Waals surface area contributed by atoms with Crippen LogP contribution < -0.4 is 5.32 Å². The van der Waals surface area contributed by atoms with E-state index in [0.29, 0.717) is 0 Å². The summed E-state index contributed by atoms with van der Waals surface area (Å²) in [5.41, 5.74) is 2.62. The van der Waals surface area contributed by atoms with Crippen molar-refractivity contribution in [1.29, 1.82) is 0 Å². The molecule has 0 radical (unpaired) electrons. The molecule has 0 saturated heterocycles. The minimum atomic E-state index is 0.793. The molecule has 4 heteroatoms. The van der Waals surface area contributed by atoms with Gasteiger partial charge in [-0.1, -0.05) is 11.6 Å². The first-order chi connectivity index (χ1) is 9.74. The number of thiophene rings is 1. The Morgan fingerprint density at radius 3 is 2.95 bits per heavy atom. The Bertz CT molecular complexity index is 714. The lowest BCUT2D eigenvalue weighted by Gasteiger charge is -2.07. The minimum absolute atomic E-state index is 0.793. The summed E-state index contributed by atoms with van der Waals surface area (Å²) in [5, 5.41) is 7.65. The van der Waals surface area contributed by atoms with Crippen LogP contribution in [0.15, 0.2) is 41.9 Å². The van der Waals surface area contributed by atoms with Gasteiger partial charge in [0.25, 0.3) is 0 Å². The Hall–Kier alpha value is -1.29. The number of aromatic nitrogens is 1. The lowest BCUT2D eigenvalue weighted by atomic mass is 10.2. The number of halogens is 1. The molecule has 0 aliphatic carbocycles. The standard InChI is InChI=1S/C16H17ClN2S/c1-12-5-9-20-16(12)11-18-6-8-19-7-4-13-10-14(17)2-3-15(13)19/h2-5,7,9-10,18H,6,8,11H2,1H3. The molecule has 104 valence electrons. The van der Waals surface area contributed by atoms with Crippen LogP contribution >= 0.6 is 22.9 Å². The first-order valence-corrected chi connectivity index (χ1v) is 7.98. The number of aryl methyl sites for hydroxylation is 1. The summed E-state index contributed by atoms with van der Waals surface area (Å²) in [6, 6.07) is 10.3. The molecule has 0 atom stereocenters. The van der Waals surface area contributed by atoms with Crippen molar-refractivity contribution in [3.63, 3.8) is 0 Å². The topological polar surface area (TPSA) is 17.0 Å². The Morgan fingerprint density at radius 1 is 1.25 bits per heavy atom. The molecule has 1 aromatic carbocycles. The summed E-state index contributed by atoms with van der Waals surface area (Å²) in [7, 11) is 0. The molecule has 0 aliphatic heterocycles. The molecule has 2 nitrogen and oxygen atoms in total. The van der Waals surface area contributed by atoms with Gasteiger partial charge in [-0.05, 0) is 48.2 Å². The maximum absolute atomic E-state index is 6.01. The lowest BCUT2D eigenvalue weighted by molar-refractivity contribution is 0.612. The predicted molar refractivity (Wildman–Crippen MR) is 87.7 cm³/mol. The van der Waals surface area contributed by atoms with E-state index >= 15 is 0 Å². The Kier molecular flexibility index (Phi) is 4.10. The van der Waals surface area contributed by atoms with Crippen LogP contribution in [0, 0.1) is 6.92 Å². The normalized spacial score (nSPS) is 11.3. The van der Waals surface area contributed by atoms with E-state index in [-0.39, 0.29) is 0 Å². The second-order valence-corrected chi connectivity index (χ2v) is 6.35. The van der Waals surface area contributed by atoms with Crippen molar-refractivity contribution in [2.75, 3.05) is 6.54 Å². The molecule has 3 rings (SSSR count). The average molecular weight is 305 g/mol. The van der Waals surface area contributed by atoms with Crippen molar-refractivity contribution >= 4 is 33.8 Å². The van der Waals surface area contributed by atoms with E-state index in [1.807, 2.05) is 23.5 Å². The predicted octanol–water partition coefficient (Wildman–Crippen LogP) is 4.45. The molecular formula is C16H17ClN2S. The van der Waals surface area contributed by atoms with Crippen molar-refractivity contribution in [2.45, 2.75) is 20.0 Å². The first-order valence-electron chi connectivity index (χ1n) is 6.72. The number of benzene rings is 1. The summed E-state index contributed by atoms with van der Waals surface area (Å²) in [4.78, 5) is 1.43. The largest absolute Gasteiger partial charge is 0.346 e. The third kappa shape index (κ3) is 2.90. The fraction of sp³-hybridized carbons (Fsp3) is 0.250. The van der Waals surface area contributed by atoms with Gasteiger partial charge in [-0.2, -0.15) is 0 Å². The highest BCUT2D eigenvalue weighted by Crippen LogP contribution is 2.20. The van der Waals surface area contributed by atoms with Crippen molar-refractivity contribution in [3.05, 3.63) is 57.4 Å². The van der Waals surface area contributed by atoms with Crippen LogP contribution in [0.25, 0.3) is 10.9 Å². The first kappa shape index (κ1) is 13.7. The SMILES string of the molecule is Cc1ccsc1CNCCn1ccc2cc(Cl)ccc21. The summed E-state index contributed by atoms with van der Waals surface area (Å²) >= 11 is 7.82. The molecule has 0 aliphatic rings. The van der Waals surface area contributed by atoms with Gasteiger partial charge in [-0.3, -0.25) is 0 Å². The van der Waals surface area contributed by atoms with Crippen LogP contribution in [0.3, 0.4) is 0 Å². The molecule has 0 unspecified atom stereocenters. The van der Waals surface area contributed by atoms with E-state index in [0.717, 1.165) is 24.7 Å². The highest BCUT2D eigenvalue weighted by molar-refractivity contribution is 7.10. The molecular weight excluding hydrogens is 288 g/mol. The third-order valence-electron chi connectivity index (χ3n) is 3.52. The van der Waals surface area contributed by atoms with Gasteiger partial charge in [0.05, 0.1) is 0 Å². The summed E-state index contributed by atoms with van der Waals surface area (Å²) in [5.74, 6) is 0. The van der Waals surface area contributed by atoms with Gasteiger partial charge in [0.15, 0.2) is 0 Å². The second-order valence-electron chi connectivity index (χ2n) is 4.92. The maximum atomic E-state index is 6.01. The molecule has 0 spiro atoms. The van der Waals surface area contributed by atoms with E-state index in [1.54, 1.807) is 0 Å². The zero-order valence-corrected chi connectivity index (χ0v) is 13.0. The number of hydrogen-bond acceptors (Lipinski definition) is 2. The van der Waals surface area contributed by atoms with Crippen molar-refractivity contribution in [2.24, 2.45) is 0 Å². The highest BCUT2D eigenvalue weighted by Gasteiger charge is 2.02. The molecule has 0 bridgehead atoms. The number of nitrogens with zero attached hydrogens (tertiary/aromatic N) is 1. The third-order valence-corrected chi connectivity index (χ3v) is 4.77. The van der Waals surface area contributed by atoms with Crippen LogP contribution in [-0.4, -0.2) is 11.1 Å². The lowest BCUT2D eigenvalue weighted by Crippen LogP contribution is -2.18. The van der Waals surface area contributed by atoms with Crippen LogP contribution in [0.1, 0.15) is 10.4 Å². The smallest absolute Gasteiger partial charge is 0.0481 e. The molecule has 0 amide bonds. The molecule has 20 heavy (non-hydrogen) atoms. The molecule has 1 N–H and O–H groups in total. The number of fused-ring (bicyclic) bond motifs is 1. The summed E-state index contributed by atoms with van der Waals surface area (Å²) in [6.45, 7) is 5.05. The molecule has 2 heterocycles. The monoisotopic (exact) mass is 304 g/mol. The van der Waals surface area contributed by atoms with E-state index in [4.69, 9.17) is 11.6 Å². The van der Waals surface area contributed by atoms with E-state index < -0.39 is 0 Å². The summed E-state index contributed by atoms with van der Waals surface area (Å²) < 4.78 is 2.26. The minimum Gasteiger partial charge on any atom is -0.346 e. The van der Waals surface area contributed by atoms with Crippen LogP contribution in [0.2, 0.25) is 5.02 Å². The molecule has 0 saturated carbocycles. The van der Waals surface area contributed by atoms with Gasteiger partial charge in [0.1, 0.15) is 0 Å². The van der Waals surface area contributed by atoms with Gasteiger partial charge < -0.3 is 9.88 Å². The number of hydrogen-bond donors (Lipinski definition) is 1.